The van der Waals surface area contributed by atoms with Crippen molar-refractivity contribution in [2.24, 2.45) is 0 Å². The maximum Gasteiger partial charge on any atom is 0.329 e. The van der Waals surface area contributed by atoms with Crippen molar-refractivity contribution in [2.45, 2.75) is 18.3 Å². The number of carbonyl (C=O) groups excluding carboxylic acids is 2. The Morgan fingerprint density at radius 3 is 2.73 bits per heavy atom. The molecule has 1 heterocycles. The van der Waals surface area contributed by atoms with Gasteiger partial charge in [-0.25, -0.2) is 9.18 Å². The van der Waals surface area contributed by atoms with E-state index in [1.165, 1.54) is 40.9 Å². The lowest BCUT2D eigenvalue weighted by Gasteiger charge is -2.28. The average Bonchev–Trinajstić information content (AvgIpc) is 3.06. The first-order valence-electron chi connectivity index (χ1n) is 8.13. The summed E-state index contributed by atoms with van der Waals surface area (Å²) in [6.45, 7) is 1.94. The summed E-state index contributed by atoms with van der Waals surface area (Å²) in [7, 11) is 0. The number of carbonyl (C=O) groups is 2. The minimum atomic E-state index is -0.736. The van der Waals surface area contributed by atoms with Crippen molar-refractivity contribution < 1.29 is 18.7 Å². The van der Waals surface area contributed by atoms with Crippen LogP contribution >= 0.6 is 23.4 Å². The number of hydrogen-bond donors (Lipinski definition) is 0. The van der Waals surface area contributed by atoms with Gasteiger partial charge in [-0.3, -0.25) is 4.79 Å². The number of ether oxygens (including phenoxy) is 1. The molecule has 0 saturated carbocycles. The van der Waals surface area contributed by atoms with Gasteiger partial charge in [0.25, 0.3) is 5.91 Å². The highest BCUT2D eigenvalue weighted by atomic mass is 35.5. The monoisotopic (exact) mass is 393 g/mol. The van der Waals surface area contributed by atoms with Gasteiger partial charge in [-0.05, 0) is 42.8 Å². The zero-order valence-corrected chi connectivity index (χ0v) is 15.6. The molecule has 0 N–H and O–H groups in total. The van der Waals surface area contributed by atoms with E-state index in [-0.39, 0.29) is 12.2 Å². The molecule has 1 saturated heterocycles. The van der Waals surface area contributed by atoms with Crippen LogP contribution in [0.4, 0.5) is 4.39 Å². The van der Waals surface area contributed by atoms with Crippen molar-refractivity contribution in [3.05, 3.63) is 70.5 Å². The van der Waals surface area contributed by atoms with Crippen molar-refractivity contribution in [3.8, 4) is 0 Å². The van der Waals surface area contributed by atoms with Crippen LogP contribution in [0.15, 0.2) is 48.5 Å². The van der Waals surface area contributed by atoms with Gasteiger partial charge >= 0.3 is 5.97 Å². The number of benzene rings is 2. The maximum absolute atomic E-state index is 13.6. The minimum absolute atomic E-state index is 0.189. The van der Waals surface area contributed by atoms with E-state index in [1.54, 1.807) is 25.1 Å². The lowest BCUT2D eigenvalue weighted by molar-refractivity contribution is -0.147. The fraction of sp³-hybridized carbons (Fsp3) is 0.263. The van der Waals surface area contributed by atoms with Gasteiger partial charge in [0, 0.05) is 16.3 Å². The topological polar surface area (TPSA) is 46.6 Å². The number of thioether (sulfide) groups is 1. The molecule has 0 spiro atoms. The second-order valence-corrected chi connectivity index (χ2v) is 7.28. The zero-order chi connectivity index (χ0) is 18.7. The molecule has 1 amide bonds. The number of nitrogens with zero attached hydrogens (tertiary/aromatic N) is 1. The van der Waals surface area contributed by atoms with Crippen molar-refractivity contribution in [1.82, 2.24) is 4.90 Å². The molecule has 1 aliphatic rings. The molecule has 0 aromatic heterocycles. The molecule has 1 fully saturated rings. The van der Waals surface area contributed by atoms with Crippen LogP contribution in [0, 0.1) is 5.82 Å². The maximum atomic E-state index is 13.6. The molecule has 0 aliphatic carbocycles. The number of esters is 1. The molecule has 2 aromatic rings. The van der Waals surface area contributed by atoms with Crippen LogP contribution in [-0.2, 0) is 9.53 Å². The summed E-state index contributed by atoms with van der Waals surface area (Å²) < 4.78 is 18.7. The summed E-state index contributed by atoms with van der Waals surface area (Å²) in [6, 6.07) is 11.9. The number of amides is 1. The van der Waals surface area contributed by atoms with Crippen molar-refractivity contribution in [3.63, 3.8) is 0 Å². The van der Waals surface area contributed by atoms with Gasteiger partial charge in [0.15, 0.2) is 0 Å². The Morgan fingerprint density at radius 1 is 1.27 bits per heavy atom. The first-order valence-corrected chi connectivity index (χ1v) is 9.56. The Balaban J connectivity index is 1.99. The number of halogens is 2. The molecular weight excluding hydrogens is 377 g/mol. The van der Waals surface area contributed by atoms with E-state index in [1.807, 2.05) is 6.07 Å². The summed E-state index contributed by atoms with van der Waals surface area (Å²) in [6.07, 6.45) is 0. The Bertz CT molecular complexity index is 832. The molecule has 2 atom stereocenters. The highest BCUT2D eigenvalue weighted by Crippen LogP contribution is 2.43. The normalized spacial score (nSPS) is 19.4. The first-order chi connectivity index (χ1) is 12.5. The van der Waals surface area contributed by atoms with Crippen molar-refractivity contribution in [2.75, 3.05) is 12.4 Å². The number of rotatable bonds is 4. The lowest BCUT2D eigenvalue weighted by atomic mass is 10.1. The predicted molar refractivity (Wildman–Crippen MR) is 99.6 cm³/mol. The zero-order valence-electron chi connectivity index (χ0n) is 14.0. The lowest BCUT2D eigenvalue weighted by Crippen LogP contribution is -2.43. The first kappa shape index (κ1) is 18.7. The Kier molecular flexibility index (Phi) is 5.84. The Hall–Kier alpha value is -2.05. The molecule has 7 heteroatoms. The fourth-order valence-electron chi connectivity index (χ4n) is 2.86. The van der Waals surface area contributed by atoms with E-state index in [0.717, 1.165) is 5.56 Å². The fourth-order valence-corrected chi connectivity index (χ4v) is 4.46. The van der Waals surface area contributed by atoms with Crippen LogP contribution < -0.4 is 0 Å². The summed E-state index contributed by atoms with van der Waals surface area (Å²) in [4.78, 5) is 26.9. The van der Waals surface area contributed by atoms with Gasteiger partial charge in [0.1, 0.15) is 17.2 Å². The van der Waals surface area contributed by atoms with Gasteiger partial charge in [0.2, 0.25) is 0 Å². The molecule has 26 heavy (non-hydrogen) atoms. The van der Waals surface area contributed by atoms with Gasteiger partial charge in [-0.15, -0.1) is 11.8 Å². The highest BCUT2D eigenvalue weighted by Gasteiger charge is 2.43. The van der Waals surface area contributed by atoms with Gasteiger partial charge in [-0.2, -0.15) is 0 Å². The van der Waals surface area contributed by atoms with Gasteiger partial charge in [0.05, 0.1) is 6.61 Å². The van der Waals surface area contributed by atoms with E-state index in [2.05, 4.69) is 0 Å². The van der Waals surface area contributed by atoms with Crippen LogP contribution in [0.25, 0.3) is 0 Å². The predicted octanol–water partition coefficient (Wildman–Crippen LogP) is 4.30. The minimum Gasteiger partial charge on any atom is -0.464 e. The quantitative estimate of drug-likeness (QED) is 0.726. The van der Waals surface area contributed by atoms with Crippen LogP contribution in [0.1, 0.15) is 28.2 Å². The third-order valence-corrected chi connectivity index (χ3v) is 5.56. The van der Waals surface area contributed by atoms with Crippen molar-refractivity contribution >= 4 is 35.2 Å². The van der Waals surface area contributed by atoms with Crippen LogP contribution in [-0.4, -0.2) is 35.2 Å². The summed E-state index contributed by atoms with van der Waals surface area (Å²) in [5.41, 5.74) is 0.993. The van der Waals surface area contributed by atoms with E-state index in [9.17, 15) is 14.0 Å². The summed E-state index contributed by atoms with van der Waals surface area (Å²) in [5, 5.41) is 0.139. The van der Waals surface area contributed by atoms with E-state index in [0.29, 0.717) is 10.8 Å². The molecule has 2 unspecified atom stereocenters. The van der Waals surface area contributed by atoms with E-state index < -0.39 is 29.1 Å². The second-order valence-electron chi connectivity index (χ2n) is 5.73. The van der Waals surface area contributed by atoms with Gasteiger partial charge < -0.3 is 9.64 Å². The van der Waals surface area contributed by atoms with Crippen LogP contribution in [0.3, 0.4) is 0 Å². The average molecular weight is 394 g/mol. The highest BCUT2D eigenvalue weighted by molar-refractivity contribution is 7.99. The largest absolute Gasteiger partial charge is 0.464 e. The molecule has 2 aromatic carbocycles. The van der Waals surface area contributed by atoms with Crippen LogP contribution in [0.5, 0.6) is 0 Å². The van der Waals surface area contributed by atoms with E-state index >= 15 is 0 Å². The smallest absolute Gasteiger partial charge is 0.329 e. The third-order valence-electron chi connectivity index (χ3n) is 4.00. The van der Waals surface area contributed by atoms with Crippen LogP contribution in [0.2, 0.25) is 5.02 Å². The number of hydrogen-bond acceptors (Lipinski definition) is 4. The Morgan fingerprint density at radius 2 is 2.04 bits per heavy atom. The third kappa shape index (κ3) is 3.86. The molecule has 1 aliphatic heterocycles. The molecular formula is C19H17ClFNO3S. The molecule has 0 bridgehead atoms. The summed E-state index contributed by atoms with van der Waals surface area (Å²) in [5.74, 6) is -0.988. The standard InChI is InChI=1S/C19H17ClFNO3S/c1-2-25-19(24)16-11-26-18(13-6-3-7-14(20)9-13)22(16)17(23)12-5-4-8-15(21)10-12/h3-10,16,18H,2,11H2,1H3. The molecule has 4 nitrogen and oxygen atoms in total. The summed E-state index contributed by atoms with van der Waals surface area (Å²) >= 11 is 7.54. The van der Waals surface area contributed by atoms with Gasteiger partial charge in [-0.1, -0.05) is 29.8 Å². The molecule has 0 radical (unpaired) electrons. The van der Waals surface area contributed by atoms with E-state index in [4.69, 9.17) is 16.3 Å². The molecule has 3 rings (SSSR count). The Labute approximate surface area is 160 Å². The SMILES string of the molecule is CCOC(=O)C1CSC(c2cccc(Cl)c2)N1C(=O)c1cccc(F)c1. The second kappa shape index (κ2) is 8.10. The van der Waals surface area contributed by atoms with Crippen molar-refractivity contribution in [1.29, 1.82) is 0 Å². The molecule has 136 valence electrons.